The van der Waals surface area contributed by atoms with E-state index in [4.69, 9.17) is 10.2 Å². The zero-order chi connectivity index (χ0) is 9.97. The quantitative estimate of drug-likeness (QED) is 0.834. The average molecular weight is 209 g/mol. The highest BCUT2D eigenvalue weighted by Crippen LogP contribution is 2.22. The number of oxazole rings is 1. The molecule has 0 aromatic carbocycles. The summed E-state index contributed by atoms with van der Waals surface area (Å²) in [7, 11) is 0. The molecular weight excluding hydrogens is 198 g/mol. The van der Waals surface area contributed by atoms with Gasteiger partial charge in [-0.05, 0) is 6.92 Å². The number of aryl methyl sites for hydroxylation is 1. The summed E-state index contributed by atoms with van der Waals surface area (Å²) in [5.41, 5.74) is 6.25. The predicted molar refractivity (Wildman–Crippen MR) is 55.1 cm³/mol. The summed E-state index contributed by atoms with van der Waals surface area (Å²) < 4.78 is 5.48. The zero-order valence-corrected chi connectivity index (χ0v) is 8.67. The van der Waals surface area contributed by atoms with E-state index in [2.05, 4.69) is 9.97 Å². The van der Waals surface area contributed by atoms with E-state index in [0.717, 1.165) is 16.5 Å². The summed E-state index contributed by atoms with van der Waals surface area (Å²) in [5, 5.41) is 2.99. The van der Waals surface area contributed by atoms with Crippen molar-refractivity contribution in [2.24, 2.45) is 5.73 Å². The summed E-state index contributed by atoms with van der Waals surface area (Å²) in [4.78, 5) is 8.42. The fraction of sp³-hybridized carbons (Fsp3) is 0.333. The molecule has 2 aromatic rings. The Kier molecular flexibility index (Phi) is 2.60. The Morgan fingerprint density at radius 3 is 3.07 bits per heavy atom. The van der Waals surface area contributed by atoms with E-state index in [1.54, 1.807) is 17.5 Å². The lowest BCUT2D eigenvalue weighted by atomic mass is 10.4. The van der Waals surface area contributed by atoms with Crippen LogP contribution in [0.2, 0.25) is 0 Å². The Labute approximate surface area is 85.8 Å². The number of nitrogens with two attached hydrogens (primary N) is 1. The molecule has 0 atom stereocenters. The monoisotopic (exact) mass is 209 g/mol. The Bertz CT molecular complexity index is 421. The lowest BCUT2D eigenvalue weighted by Crippen LogP contribution is -2.02. The maximum Gasteiger partial charge on any atom is 0.196 e. The van der Waals surface area contributed by atoms with Gasteiger partial charge in [-0.2, -0.15) is 0 Å². The van der Waals surface area contributed by atoms with Gasteiger partial charge in [-0.1, -0.05) is 0 Å². The molecule has 2 aromatic heterocycles. The lowest BCUT2D eigenvalue weighted by molar-refractivity contribution is 0.507. The van der Waals surface area contributed by atoms with Crippen molar-refractivity contribution in [3.05, 3.63) is 22.5 Å². The third-order valence-electron chi connectivity index (χ3n) is 1.78. The number of thiazole rings is 1. The second kappa shape index (κ2) is 3.89. The maximum atomic E-state index is 5.48. The average Bonchev–Trinajstić information content (AvgIpc) is 2.74. The molecule has 0 unspecified atom stereocenters. The van der Waals surface area contributed by atoms with Gasteiger partial charge in [0, 0.05) is 18.3 Å². The van der Waals surface area contributed by atoms with Gasteiger partial charge in [0.2, 0.25) is 0 Å². The molecule has 0 amide bonds. The molecule has 14 heavy (non-hydrogen) atoms. The number of hydrogen-bond acceptors (Lipinski definition) is 5. The van der Waals surface area contributed by atoms with Gasteiger partial charge in [-0.25, -0.2) is 9.97 Å². The molecule has 0 radical (unpaired) electrons. The smallest absolute Gasteiger partial charge is 0.196 e. The van der Waals surface area contributed by atoms with Crippen molar-refractivity contribution in [3.8, 4) is 11.5 Å². The number of nitrogens with zero attached hydrogens (tertiary/aromatic N) is 2. The summed E-state index contributed by atoms with van der Waals surface area (Å²) in [6.45, 7) is 2.52. The molecule has 2 heterocycles. The number of hydrogen-bond donors (Lipinski definition) is 1. The molecule has 0 aliphatic rings. The van der Waals surface area contributed by atoms with Crippen molar-refractivity contribution in [3.63, 3.8) is 0 Å². The highest BCUT2D eigenvalue weighted by atomic mass is 32.1. The van der Waals surface area contributed by atoms with Crippen LogP contribution in [0.5, 0.6) is 0 Å². The minimum atomic E-state index is 0.552. The third-order valence-corrected chi connectivity index (χ3v) is 2.56. The van der Waals surface area contributed by atoms with Gasteiger partial charge in [-0.3, -0.25) is 0 Å². The third kappa shape index (κ3) is 1.83. The molecule has 4 nitrogen and oxygen atoms in total. The zero-order valence-electron chi connectivity index (χ0n) is 7.86. The van der Waals surface area contributed by atoms with E-state index >= 15 is 0 Å². The van der Waals surface area contributed by atoms with Gasteiger partial charge in [-0.15, -0.1) is 11.3 Å². The highest BCUT2D eigenvalue weighted by Gasteiger charge is 2.08. The van der Waals surface area contributed by atoms with Gasteiger partial charge in [0.15, 0.2) is 11.7 Å². The van der Waals surface area contributed by atoms with Crippen molar-refractivity contribution in [1.29, 1.82) is 0 Å². The first-order valence-corrected chi connectivity index (χ1v) is 5.25. The molecular formula is C9H11N3OS. The molecule has 0 spiro atoms. The van der Waals surface area contributed by atoms with Crippen molar-refractivity contribution in [2.45, 2.75) is 13.3 Å². The van der Waals surface area contributed by atoms with Gasteiger partial charge < -0.3 is 10.2 Å². The van der Waals surface area contributed by atoms with Gasteiger partial charge in [0.25, 0.3) is 0 Å². The van der Waals surface area contributed by atoms with Crippen LogP contribution in [0.3, 0.4) is 0 Å². The highest BCUT2D eigenvalue weighted by molar-refractivity contribution is 7.09. The van der Waals surface area contributed by atoms with Crippen molar-refractivity contribution in [2.75, 3.05) is 6.54 Å². The topological polar surface area (TPSA) is 64.9 Å². The van der Waals surface area contributed by atoms with Crippen LogP contribution >= 0.6 is 11.3 Å². The molecule has 0 saturated carbocycles. The maximum absolute atomic E-state index is 5.48. The van der Waals surface area contributed by atoms with Crippen LogP contribution < -0.4 is 5.73 Å². The van der Waals surface area contributed by atoms with E-state index in [1.165, 1.54) is 0 Å². The molecule has 74 valence electrons. The van der Waals surface area contributed by atoms with E-state index in [-0.39, 0.29) is 0 Å². The molecule has 5 heteroatoms. The SMILES string of the molecule is Cc1nc(-c2cnc(CCN)o2)cs1. The van der Waals surface area contributed by atoms with Crippen molar-refractivity contribution in [1.82, 2.24) is 9.97 Å². The number of aromatic nitrogens is 2. The second-order valence-corrected chi connectivity index (χ2v) is 3.97. The lowest BCUT2D eigenvalue weighted by Gasteiger charge is -1.89. The normalized spacial score (nSPS) is 10.7. The van der Waals surface area contributed by atoms with Crippen LogP contribution in [-0.4, -0.2) is 16.5 Å². The molecule has 0 fully saturated rings. The van der Waals surface area contributed by atoms with E-state index in [0.29, 0.717) is 18.9 Å². The predicted octanol–water partition coefficient (Wildman–Crippen LogP) is 1.61. The summed E-state index contributed by atoms with van der Waals surface area (Å²) in [5.74, 6) is 1.39. The standard InChI is InChI=1S/C9H11N3OS/c1-6-12-7(5-14-6)8-4-11-9(13-8)2-3-10/h4-5H,2-3,10H2,1H3. The summed E-state index contributed by atoms with van der Waals surface area (Å²) in [6, 6.07) is 0. The first kappa shape index (κ1) is 9.36. The Balaban J connectivity index is 2.24. The van der Waals surface area contributed by atoms with Crippen LogP contribution in [0.1, 0.15) is 10.9 Å². The first-order valence-electron chi connectivity index (χ1n) is 4.37. The number of rotatable bonds is 3. The molecule has 0 saturated heterocycles. The minimum Gasteiger partial charge on any atom is -0.439 e. The second-order valence-electron chi connectivity index (χ2n) is 2.91. The fourth-order valence-corrected chi connectivity index (χ4v) is 1.75. The van der Waals surface area contributed by atoms with Crippen molar-refractivity contribution >= 4 is 11.3 Å². The fourth-order valence-electron chi connectivity index (χ4n) is 1.14. The Hall–Kier alpha value is -1.20. The largest absolute Gasteiger partial charge is 0.439 e. The van der Waals surface area contributed by atoms with Gasteiger partial charge in [0.05, 0.1) is 11.2 Å². The van der Waals surface area contributed by atoms with Gasteiger partial charge in [0.1, 0.15) is 5.69 Å². The molecule has 0 aliphatic heterocycles. The van der Waals surface area contributed by atoms with E-state index in [9.17, 15) is 0 Å². The summed E-state index contributed by atoms with van der Waals surface area (Å²) >= 11 is 1.60. The molecule has 2 N–H and O–H groups in total. The van der Waals surface area contributed by atoms with Crippen molar-refractivity contribution < 1.29 is 4.42 Å². The van der Waals surface area contributed by atoms with E-state index in [1.807, 2.05) is 12.3 Å². The minimum absolute atomic E-state index is 0.552. The van der Waals surface area contributed by atoms with Crippen LogP contribution in [0, 0.1) is 6.92 Å². The first-order chi connectivity index (χ1) is 6.79. The van der Waals surface area contributed by atoms with Crippen LogP contribution in [0.4, 0.5) is 0 Å². The summed E-state index contributed by atoms with van der Waals surface area (Å²) in [6.07, 6.45) is 2.36. The van der Waals surface area contributed by atoms with Gasteiger partial charge >= 0.3 is 0 Å². The van der Waals surface area contributed by atoms with Crippen LogP contribution in [0.25, 0.3) is 11.5 Å². The van der Waals surface area contributed by atoms with Crippen LogP contribution in [-0.2, 0) is 6.42 Å². The van der Waals surface area contributed by atoms with E-state index < -0.39 is 0 Å². The Morgan fingerprint density at radius 1 is 1.57 bits per heavy atom. The Morgan fingerprint density at radius 2 is 2.43 bits per heavy atom. The van der Waals surface area contributed by atoms with Crippen LogP contribution in [0.15, 0.2) is 16.0 Å². The molecule has 2 rings (SSSR count). The molecule has 0 bridgehead atoms. The molecule has 0 aliphatic carbocycles.